The van der Waals surface area contributed by atoms with Crippen molar-refractivity contribution in [1.29, 1.82) is 0 Å². The van der Waals surface area contributed by atoms with Crippen LogP contribution in [0.25, 0.3) is 0 Å². The second-order valence-corrected chi connectivity index (χ2v) is 6.40. The number of ether oxygens (including phenoxy) is 2. The highest BCUT2D eigenvalue weighted by atomic mass is 32.2. The van der Waals surface area contributed by atoms with Gasteiger partial charge in [0.15, 0.2) is 0 Å². The number of benzene rings is 2. The monoisotopic (exact) mass is 363 g/mol. The van der Waals surface area contributed by atoms with Crippen molar-refractivity contribution in [3.05, 3.63) is 48.3 Å². The van der Waals surface area contributed by atoms with Crippen LogP contribution in [0.3, 0.4) is 0 Å². The molecule has 0 aliphatic heterocycles. The standard InChI is InChI=1S/C19H22FNO3S/c1-3-4-11-24-18-10-7-15(23-2)12-17(18)21-19(22)13-25-16-8-5-14(20)6-9-16/h5-10,12H,3-4,11,13H2,1-2H3,(H,21,22). The molecule has 0 aliphatic carbocycles. The van der Waals surface area contributed by atoms with Crippen LogP contribution < -0.4 is 14.8 Å². The molecule has 0 aliphatic rings. The molecule has 0 unspecified atom stereocenters. The van der Waals surface area contributed by atoms with E-state index in [0.29, 0.717) is 23.8 Å². The third-order valence-electron chi connectivity index (χ3n) is 3.40. The van der Waals surface area contributed by atoms with Crippen molar-refractivity contribution in [2.45, 2.75) is 24.7 Å². The van der Waals surface area contributed by atoms with Gasteiger partial charge in [0.25, 0.3) is 0 Å². The largest absolute Gasteiger partial charge is 0.497 e. The van der Waals surface area contributed by atoms with Gasteiger partial charge in [-0.1, -0.05) is 13.3 Å². The van der Waals surface area contributed by atoms with Crippen molar-refractivity contribution < 1.29 is 18.7 Å². The van der Waals surface area contributed by atoms with Gasteiger partial charge in [-0.15, -0.1) is 11.8 Å². The fraction of sp³-hybridized carbons (Fsp3) is 0.316. The minimum atomic E-state index is -0.293. The number of carbonyl (C=O) groups is 1. The molecule has 2 aromatic carbocycles. The van der Waals surface area contributed by atoms with Crippen LogP contribution in [0.2, 0.25) is 0 Å². The highest BCUT2D eigenvalue weighted by Crippen LogP contribution is 2.30. The minimum absolute atomic E-state index is 0.164. The summed E-state index contributed by atoms with van der Waals surface area (Å²) in [5.74, 6) is 1.03. The van der Waals surface area contributed by atoms with E-state index in [2.05, 4.69) is 12.2 Å². The zero-order valence-corrected chi connectivity index (χ0v) is 15.2. The van der Waals surface area contributed by atoms with Crippen LogP contribution in [-0.4, -0.2) is 25.4 Å². The number of hydrogen-bond donors (Lipinski definition) is 1. The van der Waals surface area contributed by atoms with Crippen molar-refractivity contribution >= 4 is 23.4 Å². The molecule has 4 nitrogen and oxygen atoms in total. The smallest absolute Gasteiger partial charge is 0.234 e. The van der Waals surface area contributed by atoms with E-state index in [-0.39, 0.29) is 17.5 Å². The Morgan fingerprint density at radius 2 is 1.96 bits per heavy atom. The molecular weight excluding hydrogens is 341 g/mol. The number of unbranched alkanes of at least 4 members (excludes halogenated alkanes) is 1. The van der Waals surface area contributed by atoms with Gasteiger partial charge in [0.05, 0.1) is 25.2 Å². The minimum Gasteiger partial charge on any atom is -0.497 e. The molecule has 0 saturated heterocycles. The van der Waals surface area contributed by atoms with Gasteiger partial charge < -0.3 is 14.8 Å². The van der Waals surface area contributed by atoms with Gasteiger partial charge in [0.2, 0.25) is 5.91 Å². The fourth-order valence-corrected chi connectivity index (χ4v) is 2.75. The van der Waals surface area contributed by atoms with E-state index >= 15 is 0 Å². The number of halogens is 1. The van der Waals surface area contributed by atoms with Crippen molar-refractivity contribution in [2.24, 2.45) is 0 Å². The van der Waals surface area contributed by atoms with Crippen LogP contribution >= 0.6 is 11.8 Å². The summed E-state index contributed by atoms with van der Waals surface area (Å²) < 4.78 is 23.8. The molecule has 1 N–H and O–H groups in total. The molecule has 0 aromatic heterocycles. The predicted molar refractivity (Wildman–Crippen MR) is 99.2 cm³/mol. The Labute approximate surface area is 151 Å². The van der Waals surface area contributed by atoms with Gasteiger partial charge in [-0.05, 0) is 42.8 Å². The van der Waals surface area contributed by atoms with Crippen molar-refractivity contribution in [3.63, 3.8) is 0 Å². The van der Waals surface area contributed by atoms with E-state index in [0.717, 1.165) is 17.7 Å². The molecule has 6 heteroatoms. The highest BCUT2D eigenvalue weighted by Gasteiger charge is 2.10. The van der Waals surface area contributed by atoms with Crippen LogP contribution in [0.4, 0.5) is 10.1 Å². The van der Waals surface area contributed by atoms with E-state index in [4.69, 9.17) is 9.47 Å². The lowest BCUT2D eigenvalue weighted by Crippen LogP contribution is -2.15. The summed E-state index contributed by atoms with van der Waals surface area (Å²) in [5, 5.41) is 2.85. The zero-order valence-electron chi connectivity index (χ0n) is 14.4. The van der Waals surface area contributed by atoms with Gasteiger partial charge in [-0.3, -0.25) is 4.79 Å². The highest BCUT2D eigenvalue weighted by molar-refractivity contribution is 8.00. The van der Waals surface area contributed by atoms with Crippen LogP contribution in [0.15, 0.2) is 47.4 Å². The molecule has 0 saturated carbocycles. The summed E-state index contributed by atoms with van der Waals surface area (Å²) in [4.78, 5) is 13.1. The topological polar surface area (TPSA) is 47.6 Å². The van der Waals surface area contributed by atoms with E-state index in [1.807, 2.05) is 0 Å². The molecule has 0 atom stereocenters. The summed E-state index contributed by atoms with van der Waals surface area (Å²) in [6.07, 6.45) is 1.98. The average molecular weight is 363 g/mol. The van der Waals surface area contributed by atoms with Crippen molar-refractivity contribution in [3.8, 4) is 11.5 Å². The van der Waals surface area contributed by atoms with Gasteiger partial charge in [0, 0.05) is 11.0 Å². The number of anilines is 1. The summed E-state index contributed by atoms with van der Waals surface area (Å²) in [6, 6.07) is 11.4. The lowest BCUT2D eigenvalue weighted by atomic mass is 10.2. The Bertz CT molecular complexity index is 692. The summed E-state index contributed by atoms with van der Waals surface area (Å²) in [6.45, 7) is 2.68. The predicted octanol–water partition coefficient (Wildman–Crippen LogP) is 4.74. The third-order valence-corrected chi connectivity index (χ3v) is 4.41. The van der Waals surface area contributed by atoms with Crippen LogP contribution in [0.5, 0.6) is 11.5 Å². The Hall–Kier alpha value is -2.21. The number of nitrogens with one attached hydrogen (secondary N) is 1. The second kappa shape index (κ2) is 9.93. The summed E-state index contributed by atoms with van der Waals surface area (Å²) in [5.41, 5.74) is 0.583. The number of hydrogen-bond acceptors (Lipinski definition) is 4. The third kappa shape index (κ3) is 6.31. The Kier molecular flexibility index (Phi) is 7.60. The Morgan fingerprint density at radius 1 is 1.20 bits per heavy atom. The lowest BCUT2D eigenvalue weighted by molar-refractivity contribution is -0.113. The van der Waals surface area contributed by atoms with Crippen LogP contribution in [0, 0.1) is 5.82 Å². The van der Waals surface area contributed by atoms with E-state index in [1.165, 1.54) is 23.9 Å². The lowest BCUT2D eigenvalue weighted by Gasteiger charge is -2.13. The normalized spacial score (nSPS) is 10.4. The average Bonchev–Trinajstić information content (AvgIpc) is 2.62. The number of amides is 1. The fourth-order valence-electron chi connectivity index (χ4n) is 2.05. The van der Waals surface area contributed by atoms with Gasteiger partial charge in [-0.25, -0.2) is 4.39 Å². The molecule has 0 bridgehead atoms. The molecule has 25 heavy (non-hydrogen) atoms. The van der Waals surface area contributed by atoms with Crippen molar-refractivity contribution in [2.75, 3.05) is 24.8 Å². The van der Waals surface area contributed by atoms with E-state index in [1.54, 1.807) is 37.4 Å². The van der Waals surface area contributed by atoms with Gasteiger partial charge in [-0.2, -0.15) is 0 Å². The molecule has 0 radical (unpaired) electrons. The maximum atomic E-state index is 12.9. The maximum Gasteiger partial charge on any atom is 0.234 e. The number of carbonyl (C=O) groups excluding carboxylic acids is 1. The molecule has 2 rings (SSSR count). The first-order chi connectivity index (χ1) is 12.1. The zero-order chi connectivity index (χ0) is 18.1. The Balaban J connectivity index is 1.98. The molecule has 2 aromatic rings. The maximum absolute atomic E-state index is 12.9. The van der Waals surface area contributed by atoms with E-state index in [9.17, 15) is 9.18 Å². The molecular formula is C19H22FNO3S. The quantitative estimate of drug-likeness (QED) is 0.516. The van der Waals surface area contributed by atoms with Gasteiger partial charge >= 0.3 is 0 Å². The number of rotatable bonds is 9. The molecule has 134 valence electrons. The van der Waals surface area contributed by atoms with Crippen LogP contribution in [-0.2, 0) is 4.79 Å². The first kappa shape index (κ1) is 19.1. The summed E-state index contributed by atoms with van der Waals surface area (Å²) in [7, 11) is 1.57. The number of thioether (sulfide) groups is 1. The summed E-state index contributed by atoms with van der Waals surface area (Å²) >= 11 is 1.34. The molecule has 0 fully saturated rings. The van der Waals surface area contributed by atoms with Crippen molar-refractivity contribution in [1.82, 2.24) is 0 Å². The second-order valence-electron chi connectivity index (χ2n) is 5.35. The van der Waals surface area contributed by atoms with Gasteiger partial charge in [0.1, 0.15) is 17.3 Å². The first-order valence-corrected chi connectivity index (χ1v) is 9.10. The SMILES string of the molecule is CCCCOc1ccc(OC)cc1NC(=O)CSc1ccc(F)cc1. The first-order valence-electron chi connectivity index (χ1n) is 8.11. The van der Waals surface area contributed by atoms with Crippen LogP contribution in [0.1, 0.15) is 19.8 Å². The van der Waals surface area contributed by atoms with E-state index < -0.39 is 0 Å². The Morgan fingerprint density at radius 3 is 2.64 bits per heavy atom. The number of methoxy groups -OCH3 is 1. The molecule has 0 spiro atoms. The molecule has 1 amide bonds. The molecule has 0 heterocycles.